The molecule has 3 heterocycles. The molecule has 3 aliphatic rings. The zero-order chi connectivity index (χ0) is 15.3. The fourth-order valence-corrected chi connectivity index (χ4v) is 3.07. The van der Waals surface area contributed by atoms with Crippen molar-refractivity contribution < 1.29 is 28.4 Å². The molecule has 0 aromatic rings. The maximum absolute atomic E-state index is 5.99. The Labute approximate surface area is 125 Å². The number of hydrogen-bond donors (Lipinski definition) is 0. The highest BCUT2D eigenvalue weighted by Gasteiger charge is 2.59. The maximum atomic E-state index is 5.99. The molecular weight excluding hydrogens is 276 g/mol. The van der Waals surface area contributed by atoms with E-state index in [4.69, 9.17) is 28.4 Å². The van der Waals surface area contributed by atoms with E-state index >= 15 is 0 Å². The average Bonchev–Trinajstić information content (AvgIpc) is 2.98. The van der Waals surface area contributed by atoms with E-state index in [-0.39, 0.29) is 24.4 Å². The van der Waals surface area contributed by atoms with E-state index < -0.39 is 17.9 Å². The summed E-state index contributed by atoms with van der Waals surface area (Å²) in [7, 11) is 0. The van der Waals surface area contributed by atoms with Crippen molar-refractivity contribution in [2.24, 2.45) is 0 Å². The van der Waals surface area contributed by atoms with Crippen LogP contribution in [0, 0.1) is 0 Å². The van der Waals surface area contributed by atoms with Gasteiger partial charge in [0.05, 0.1) is 13.2 Å². The van der Waals surface area contributed by atoms with Gasteiger partial charge in [-0.25, -0.2) is 0 Å². The lowest BCUT2D eigenvalue weighted by atomic mass is 10.1. The number of hydrogen-bond acceptors (Lipinski definition) is 6. The van der Waals surface area contributed by atoms with Gasteiger partial charge in [0.1, 0.15) is 24.4 Å². The Morgan fingerprint density at radius 3 is 2.38 bits per heavy atom. The van der Waals surface area contributed by atoms with Crippen molar-refractivity contribution >= 4 is 0 Å². The molecule has 0 aromatic heterocycles. The lowest BCUT2D eigenvalue weighted by molar-refractivity contribution is -0.245. The third kappa shape index (κ3) is 3.02. The second-order valence-electron chi connectivity index (χ2n) is 6.52. The Bertz CT molecular complexity index is 407. The molecule has 0 amide bonds. The lowest BCUT2D eigenvalue weighted by Gasteiger charge is -2.26. The molecular formula is C15H24O6. The van der Waals surface area contributed by atoms with Crippen LogP contribution in [0.1, 0.15) is 27.7 Å². The van der Waals surface area contributed by atoms with Crippen molar-refractivity contribution in [1.29, 1.82) is 0 Å². The van der Waals surface area contributed by atoms with Gasteiger partial charge in [0.2, 0.25) is 0 Å². The van der Waals surface area contributed by atoms with Crippen molar-refractivity contribution in [2.45, 2.75) is 70.0 Å². The molecule has 0 saturated carbocycles. The smallest absolute Gasteiger partial charge is 0.187 e. The van der Waals surface area contributed by atoms with E-state index in [1.165, 1.54) is 0 Å². The van der Waals surface area contributed by atoms with Gasteiger partial charge in [-0.05, 0) is 27.7 Å². The summed E-state index contributed by atoms with van der Waals surface area (Å²) in [5, 5.41) is 0. The van der Waals surface area contributed by atoms with Crippen molar-refractivity contribution in [3.8, 4) is 0 Å². The molecule has 21 heavy (non-hydrogen) atoms. The Hall–Kier alpha value is -0.500. The molecule has 0 radical (unpaired) electrons. The van der Waals surface area contributed by atoms with Crippen LogP contribution < -0.4 is 0 Å². The standard InChI is InChI=1S/C15H24O6/c1-6-7-16-13-12-11(20-15(4,5)21-12)10(18-13)9-8-17-14(2,3)19-9/h6,9-13H,1,7-8H2,2-5H3/t9-,10-,11+,12+,13?/m1/s1. The Morgan fingerprint density at radius 2 is 1.76 bits per heavy atom. The first-order chi connectivity index (χ1) is 9.81. The van der Waals surface area contributed by atoms with Crippen LogP contribution in [0.4, 0.5) is 0 Å². The second kappa shape index (κ2) is 5.30. The first-order valence-corrected chi connectivity index (χ1v) is 7.37. The molecule has 120 valence electrons. The second-order valence-corrected chi connectivity index (χ2v) is 6.52. The minimum atomic E-state index is -0.651. The zero-order valence-electron chi connectivity index (χ0n) is 13.0. The quantitative estimate of drug-likeness (QED) is 0.735. The van der Waals surface area contributed by atoms with Gasteiger partial charge in [0, 0.05) is 0 Å². The number of fused-ring (bicyclic) bond motifs is 1. The van der Waals surface area contributed by atoms with Crippen LogP contribution in [-0.4, -0.2) is 55.5 Å². The highest BCUT2D eigenvalue weighted by atomic mass is 16.8. The lowest BCUT2D eigenvalue weighted by Crippen LogP contribution is -2.40. The molecule has 0 N–H and O–H groups in total. The summed E-state index contributed by atoms with van der Waals surface area (Å²) in [6, 6.07) is 0. The van der Waals surface area contributed by atoms with Gasteiger partial charge >= 0.3 is 0 Å². The van der Waals surface area contributed by atoms with Crippen molar-refractivity contribution in [3.05, 3.63) is 12.7 Å². The minimum absolute atomic E-state index is 0.192. The van der Waals surface area contributed by atoms with Gasteiger partial charge < -0.3 is 28.4 Å². The van der Waals surface area contributed by atoms with Gasteiger partial charge in [-0.2, -0.15) is 0 Å². The summed E-state index contributed by atoms with van der Waals surface area (Å²) in [6.07, 6.45) is 0.252. The molecule has 0 spiro atoms. The van der Waals surface area contributed by atoms with Gasteiger partial charge in [0.15, 0.2) is 17.9 Å². The molecule has 3 aliphatic heterocycles. The SMILES string of the molecule is C=CCOC1O[C@H]([C@H]2COC(C)(C)O2)[C@@H]2OC(C)(C)O[C@H]12. The van der Waals surface area contributed by atoms with Crippen LogP contribution in [0.25, 0.3) is 0 Å². The summed E-state index contributed by atoms with van der Waals surface area (Å²) in [5.41, 5.74) is 0. The van der Waals surface area contributed by atoms with Gasteiger partial charge in [-0.3, -0.25) is 0 Å². The highest BCUT2D eigenvalue weighted by molar-refractivity contribution is 4.99. The van der Waals surface area contributed by atoms with Crippen molar-refractivity contribution in [1.82, 2.24) is 0 Å². The third-order valence-corrected chi connectivity index (χ3v) is 3.82. The first-order valence-electron chi connectivity index (χ1n) is 7.37. The van der Waals surface area contributed by atoms with Crippen LogP contribution in [0.5, 0.6) is 0 Å². The Balaban J connectivity index is 1.74. The average molecular weight is 300 g/mol. The van der Waals surface area contributed by atoms with Gasteiger partial charge in [-0.1, -0.05) is 6.08 Å². The van der Waals surface area contributed by atoms with Crippen LogP contribution in [0.3, 0.4) is 0 Å². The summed E-state index contributed by atoms with van der Waals surface area (Å²) >= 11 is 0. The van der Waals surface area contributed by atoms with Gasteiger partial charge in [-0.15, -0.1) is 6.58 Å². The van der Waals surface area contributed by atoms with E-state index in [1.54, 1.807) is 6.08 Å². The summed E-state index contributed by atoms with van der Waals surface area (Å²) < 4.78 is 35.1. The largest absolute Gasteiger partial charge is 0.348 e. The third-order valence-electron chi connectivity index (χ3n) is 3.82. The summed E-state index contributed by atoms with van der Waals surface area (Å²) in [4.78, 5) is 0. The molecule has 5 atom stereocenters. The number of ether oxygens (including phenoxy) is 6. The Morgan fingerprint density at radius 1 is 1.05 bits per heavy atom. The fraction of sp³-hybridized carbons (Fsp3) is 0.867. The molecule has 1 unspecified atom stereocenters. The summed E-state index contributed by atoms with van der Waals surface area (Å²) in [5.74, 6) is -1.25. The normalized spacial score (nSPS) is 43.9. The van der Waals surface area contributed by atoms with E-state index in [0.29, 0.717) is 13.2 Å². The zero-order valence-corrected chi connectivity index (χ0v) is 13.0. The predicted molar refractivity (Wildman–Crippen MR) is 73.5 cm³/mol. The van der Waals surface area contributed by atoms with Crippen LogP contribution in [-0.2, 0) is 28.4 Å². The minimum Gasteiger partial charge on any atom is -0.348 e. The van der Waals surface area contributed by atoms with Gasteiger partial charge in [0.25, 0.3) is 0 Å². The maximum Gasteiger partial charge on any atom is 0.187 e. The fourth-order valence-electron chi connectivity index (χ4n) is 3.07. The van der Waals surface area contributed by atoms with Crippen molar-refractivity contribution in [2.75, 3.05) is 13.2 Å². The van der Waals surface area contributed by atoms with Crippen LogP contribution in [0.15, 0.2) is 12.7 Å². The molecule has 0 bridgehead atoms. The van der Waals surface area contributed by atoms with Crippen LogP contribution in [0.2, 0.25) is 0 Å². The molecule has 3 rings (SSSR count). The predicted octanol–water partition coefficient (Wildman–Crippen LogP) is 1.59. The van der Waals surface area contributed by atoms with Crippen LogP contribution >= 0.6 is 0 Å². The molecule has 0 aromatic carbocycles. The Kier molecular flexibility index (Phi) is 3.88. The first kappa shape index (κ1) is 15.4. The molecule has 3 saturated heterocycles. The molecule has 0 aliphatic carbocycles. The van der Waals surface area contributed by atoms with E-state index in [2.05, 4.69) is 6.58 Å². The van der Waals surface area contributed by atoms with E-state index in [1.807, 2.05) is 27.7 Å². The molecule has 6 nitrogen and oxygen atoms in total. The van der Waals surface area contributed by atoms with E-state index in [0.717, 1.165) is 0 Å². The summed E-state index contributed by atoms with van der Waals surface area (Å²) in [6.45, 7) is 12.1. The topological polar surface area (TPSA) is 55.4 Å². The highest BCUT2D eigenvalue weighted by Crippen LogP contribution is 2.42. The molecule has 3 fully saturated rings. The van der Waals surface area contributed by atoms with Crippen molar-refractivity contribution in [3.63, 3.8) is 0 Å². The molecule has 6 heteroatoms. The van der Waals surface area contributed by atoms with E-state index in [9.17, 15) is 0 Å². The number of rotatable bonds is 4. The monoisotopic (exact) mass is 300 g/mol.